The van der Waals surface area contributed by atoms with Crippen molar-refractivity contribution in [2.75, 3.05) is 28.6 Å². The van der Waals surface area contributed by atoms with E-state index in [-0.39, 0.29) is 5.69 Å². The van der Waals surface area contributed by atoms with Crippen LogP contribution in [0.15, 0.2) is 54.6 Å². The molecule has 1 aliphatic heterocycles. The minimum absolute atomic E-state index is 0.234. The van der Waals surface area contributed by atoms with Crippen LogP contribution in [0.4, 0.5) is 30.8 Å². The lowest BCUT2D eigenvalue weighted by Crippen LogP contribution is -2.20. The molecule has 2 N–H and O–H groups in total. The fraction of sp³-hybridized carbons (Fsp3) is 0.190. The van der Waals surface area contributed by atoms with Crippen LogP contribution in [0.5, 0.6) is 0 Å². The third-order valence-corrected chi connectivity index (χ3v) is 4.67. The zero-order valence-corrected chi connectivity index (χ0v) is 15.5. The number of anilines is 3. The predicted octanol–water partition coefficient (Wildman–Crippen LogP) is 4.67. The van der Waals surface area contributed by atoms with E-state index in [4.69, 9.17) is 0 Å². The summed E-state index contributed by atoms with van der Waals surface area (Å²) in [7, 11) is 0. The number of urea groups is 1. The van der Waals surface area contributed by atoms with Gasteiger partial charge in [0.05, 0.1) is 11.4 Å². The standard InChI is InChI=1S/C21H19F2N5O/c22-15-6-7-17(23)19(13-15)25-21(29)24-16-5-3-4-14(12-16)18-8-9-20(27-26-18)28-10-1-2-11-28/h3-9,12-13H,1-2,10-11H2,(H2,24,25,29). The molecule has 0 radical (unpaired) electrons. The van der Waals surface area contributed by atoms with Crippen LogP contribution >= 0.6 is 0 Å². The molecular formula is C21H19F2N5O. The van der Waals surface area contributed by atoms with Gasteiger partial charge in [-0.25, -0.2) is 13.6 Å². The normalized spacial score (nSPS) is 13.4. The number of carbonyl (C=O) groups excluding carboxylic acids is 1. The molecule has 2 heterocycles. The van der Waals surface area contributed by atoms with Crippen molar-refractivity contribution < 1.29 is 13.6 Å². The molecule has 4 rings (SSSR count). The number of nitrogens with zero attached hydrogens (tertiary/aromatic N) is 3. The summed E-state index contributed by atoms with van der Waals surface area (Å²) in [5, 5.41) is 13.5. The van der Waals surface area contributed by atoms with Crippen molar-refractivity contribution in [3.8, 4) is 11.3 Å². The lowest BCUT2D eigenvalue weighted by molar-refractivity contribution is 0.262. The highest BCUT2D eigenvalue weighted by Gasteiger charge is 2.14. The fourth-order valence-corrected chi connectivity index (χ4v) is 3.23. The van der Waals surface area contributed by atoms with Gasteiger partial charge in [-0.05, 0) is 49.2 Å². The molecule has 0 unspecified atom stereocenters. The Balaban J connectivity index is 1.45. The number of hydrogen-bond donors (Lipinski definition) is 2. The summed E-state index contributed by atoms with van der Waals surface area (Å²) in [5.74, 6) is -0.500. The zero-order chi connectivity index (χ0) is 20.2. The van der Waals surface area contributed by atoms with Crippen LogP contribution in [0, 0.1) is 11.6 Å². The van der Waals surface area contributed by atoms with Gasteiger partial charge < -0.3 is 15.5 Å². The van der Waals surface area contributed by atoms with E-state index in [1.807, 2.05) is 18.2 Å². The number of hydrogen-bond acceptors (Lipinski definition) is 4. The summed E-state index contributed by atoms with van der Waals surface area (Å²) < 4.78 is 26.9. The molecule has 1 fully saturated rings. The number of aromatic nitrogens is 2. The van der Waals surface area contributed by atoms with E-state index in [0.29, 0.717) is 11.4 Å². The third-order valence-electron chi connectivity index (χ3n) is 4.67. The number of benzene rings is 2. The predicted molar refractivity (Wildman–Crippen MR) is 108 cm³/mol. The van der Waals surface area contributed by atoms with Crippen LogP contribution in [0.2, 0.25) is 0 Å². The van der Waals surface area contributed by atoms with Gasteiger partial charge in [-0.3, -0.25) is 0 Å². The molecule has 8 heteroatoms. The lowest BCUT2D eigenvalue weighted by Gasteiger charge is -2.15. The zero-order valence-electron chi connectivity index (χ0n) is 15.5. The molecule has 1 aliphatic rings. The average molecular weight is 395 g/mol. The highest BCUT2D eigenvalue weighted by Crippen LogP contribution is 2.23. The second kappa shape index (κ2) is 8.22. The van der Waals surface area contributed by atoms with Crippen LogP contribution in [0.25, 0.3) is 11.3 Å². The molecule has 3 aromatic rings. The summed E-state index contributed by atoms with van der Waals surface area (Å²) in [5.41, 5.74) is 1.71. The summed E-state index contributed by atoms with van der Waals surface area (Å²) in [6, 6.07) is 13.1. The van der Waals surface area contributed by atoms with E-state index in [0.717, 1.165) is 42.7 Å². The lowest BCUT2D eigenvalue weighted by atomic mass is 10.1. The Bertz CT molecular complexity index is 1020. The average Bonchev–Trinajstić information content (AvgIpc) is 3.26. The maximum atomic E-state index is 13.7. The van der Waals surface area contributed by atoms with E-state index >= 15 is 0 Å². The van der Waals surface area contributed by atoms with Crippen molar-refractivity contribution in [3.05, 3.63) is 66.2 Å². The molecule has 0 bridgehead atoms. The highest BCUT2D eigenvalue weighted by atomic mass is 19.1. The van der Waals surface area contributed by atoms with E-state index < -0.39 is 17.7 Å². The minimum Gasteiger partial charge on any atom is -0.355 e. The topological polar surface area (TPSA) is 70.2 Å². The first-order chi connectivity index (χ1) is 14.1. The first-order valence-electron chi connectivity index (χ1n) is 9.31. The van der Waals surface area contributed by atoms with Gasteiger partial charge in [0.1, 0.15) is 11.6 Å². The molecule has 0 saturated carbocycles. The second-order valence-electron chi connectivity index (χ2n) is 6.76. The molecule has 29 heavy (non-hydrogen) atoms. The number of carbonyl (C=O) groups is 1. The van der Waals surface area contributed by atoms with E-state index in [1.54, 1.807) is 18.2 Å². The number of rotatable bonds is 4. The largest absolute Gasteiger partial charge is 0.355 e. The first kappa shape index (κ1) is 18.8. The summed E-state index contributed by atoms with van der Waals surface area (Å²) in [6.45, 7) is 1.99. The first-order valence-corrected chi connectivity index (χ1v) is 9.31. The molecule has 1 aromatic heterocycles. The van der Waals surface area contributed by atoms with Gasteiger partial charge >= 0.3 is 6.03 Å². The van der Waals surface area contributed by atoms with Gasteiger partial charge in [0.2, 0.25) is 0 Å². The summed E-state index contributed by atoms with van der Waals surface area (Å²) in [6.07, 6.45) is 2.33. The van der Waals surface area contributed by atoms with E-state index in [9.17, 15) is 13.6 Å². The van der Waals surface area contributed by atoms with Crippen LogP contribution in [-0.4, -0.2) is 29.3 Å². The van der Waals surface area contributed by atoms with E-state index in [2.05, 4.69) is 25.7 Å². The molecule has 0 spiro atoms. The maximum absolute atomic E-state index is 13.7. The molecule has 1 saturated heterocycles. The Labute approximate surface area is 166 Å². The molecule has 0 atom stereocenters. The Morgan fingerprint density at radius 2 is 1.76 bits per heavy atom. The molecule has 2 aromatic carbocycles. The monoisotopic (exact) mass is 395 g/mol. The Kier molecular flexibility index (Phi) is 5.33. The van der Waals surface area contributed by atoms with E-state index in [1.165, 1.54) is 12.8 Å². The van der Waals surface area contributed by atoms with Crippen LogP contribution in [-0.2, 0) is 0 Å². The molecule has 2 amide bonds. The van der Waals surface area contributed by atoms with Crippen LogP contribution < -0.4 is 15.5 Å². The maximum Gasteiger partial charge on any atom is 0.323 e. The van der Waals surface area contributed by atoms with Gasteiger partial charge in [0.25, 0.3) is 0 Å². The van der Waals surface area contributed by atoms with Crippen molar-refractivity contribution in [3.63, 3.8) is 0 Å². The van der Waals surface area contributed by atoms with Crippen molar-refractivity contribution >= 4 is 23.2 Å². The molecule has 0 aliphatic carbocycles. The van der Waals surface area contributed by atoms with Gasteiger partial charge in [-0.15, -0.1) is 10.2 Å². The van der Waals surface area contributed by atoms with Gasteiger partial charge in [0, 0.05) is 30.4 Å². The third kappa shape index (κ3) is 4.48. The SMILES string of the molecule is O=C(Nc1cccc(-c2ccc(N3CCCC3)nn2)c1)Nc1cc(F)ccc1F. The quantitative estimate of drug-likeness (QED) is 0.674. The molecule has 148 valence electrons. The fourth-order valence-electron chi connectivity index (χ4n) is 3.23. The van der Waals surface area contributed by atoms with Crippen molar-refractivity contribution in [2.45, 2.75) is 12.8 Å². The van der Waals surface area contributed by atoms with Crippen molar-refractivity contribution in [2.24, 2.45) is 0 Å². The Morgan fingerprint density at radius 1 is 0.931 bits per heavy atom. The Morgan fingerprint density at radius 3 is 2.52 bits per heavy atom. The van der Waals surface area contributed by atoms with Gasteiger partial charge in [0.15, 0.2) is 5.82 Å². The second-order valence-corrected chi connectivity index (χ2v) is 6.76. The number of amides is 2. The van der Waals surface area contributed by atoms with Crippen molar-refractivity contribution in [1.82, 2.24) is 10.2 Å². The minimum atomic E-state index is -0.719. The van der Waals surface area contributed by atoms with Gasteiger partial charge in [-0.1, -0.05) is 12.1 Å². The number of halogens is 2. The Hall–Kier alpha value is -3.55. The van der Waals surface area contributed by atoms with Crippen LogP contribution in [0.1, 0.15) is 12.8 Å². The summed E-state index contributed by atoms with van der Waals surface area (Å²) in [4.78, 5) is 14.3. The highest BCUT2D eigenvalue weighted by molar-refractivity contribution is 6.00. The summed E-state index contributed by atoms with van der Waals surface area (Å²) >= 11 is 0. The molecular weight excluding hydrogens is 376 g/mol. The van der Waals surface area contributed by atoms with Crippen molar-refractivity contribution in [1.29, 1.82) is 0 Å². The molecule has 6 nitrogen and oxygen atoms in total. The smallest absolute Gasteiger partial charge is 0.323 e. The van der Waals surface area contributed by atoms with Gasteiger partial charge in [-0.2, -0.15) is 0 Å². The number of nitrogens with one attached hydrogen (secondary N) is 2. The van der Waals surface area contributed by atoms with Crippen LogP contribution in [0.3, 0.4) is 0 Å².